The largest absolute Gasteiger partial charge is 0.353 e. The van der Waals surface area contributed by atoms with Crippen molar-refractivity contribution in [3.05, 3.63) is 23.9 Å². The van der Waals surface area contributed by atoms with Crippen molar-refractivity contribution in [3.8, 4) is 0 Å². The number of aromatic nitrogens is 1. The molecule has 6 nitrogen and oxygen atoms in total. The Kier molecular flexibility index (Phi) is 6.58. The van der Waals surface area contributed by atoms with Gasteiger partial charge in [-0.1, -0.05) is 18.9 Å². The summed E-state index contributed by atoms with van der Waals surface area (Å²) in [6.45, 7) is 12.7. The maximum absolute atomic E-state index is 12.8. The van der Waals surface area contributed by atoms with Gasteiger partial charge in [0.25, 0.3) is 0 Å². The van der Waals surface area contributed by atoms with E-state index >= 15 is 0 Å². The number of hydrogen-bond acceptors (Lipinski definition) is 4. The predicted octanol–water partition coefficient (Wildman–Crippen LogP) is 2.88. The maximum atomic E-state index is 12.8. The number of pyridine rings is 1. The van der Waals surface area contributed by atoms with E-state index in [0.717, 1.165) is 51.6 Å². The monoisotopic (exact) mass is 373 g/mol. The molecule has 1 aromatic rings. The third-order valence-corrected chi connectivity index (χ3v) is 5.61. The van der Waals surface area contributed by atoms with Gasteiger partial charge in [0.2, 0.25) is 0 Å². The number of nitrogens with zero attached hydrogens (tertiary/aromatic N) is 4. The van der Waals surface area contributed by atoms with Crippen LogP contribution in [0.15, 0.2) is 18.3 Å². The highest BCUT2D eigenvalue weighted by atomic mass is 16.2. The summed E-state index contributed by atoms with van der Waals surface area (Å²) in [7, 11) is 0. The van der Waals surface area contributed by atoms with Gasteiger partial charge in [0.15, 0.2) is 0 Å². The molecule has 27 heavy (non-hydrogen) atoms. The van der Waals surface area contributed by atoms with Crippen LogP contribution in [0.2, 0.25) is 0 Å². The average molecular weight is 374 g/mol. The molecule has 0 saturated carbocycles. The molecule has 0 aliphatic carbocycles. The Bertz CT molecular complexity index is 617. The molecular formula is C21H35N5O. The maximum Gasteiger partial charge on any atom is 0.317 e. The number of anilines is 1. The van der Waals surface area contributed by atoms with Crippen LogP contribution in [0, 0.1) is 6.92 Å². The van der Waals surface area contributed by atoms with Crippen molar-refractivity contribution in [2.75, 3.05) is 50.7 Å². The van der Waals surface area contributed by atoms with E-state index in [2.05, 4.69) is 46.9 Å². The second-order valence-corrected chi connectivity index (χ2v) is 8.62. The van der Waals surface area contributed by atoms with Gasteiger partial charge in [-0.3, -0.25) is 0 Å². The van der Waals surface area contributed by atoms with E-state index in [1.807, 2.05) is 17.2 Å². The van der Waals surface area contributed by atoms with Crippen molar-refractivity contribution in [1.29, 1.82) is 0 Å². The highest BCUT2D eigenvalue weighted by molar-refractivity contribution is 5.75. The Morgan fingerprint density at radius 1 is 1.07 bits per heavy atom. The predicted molar refractivity (Wildman–Crippen MR) is 110 cm³/mol. The number of aryl methyl sites for hydroxylation is 1. The molecule has 2 aliphatic rings. The first-order chi connectivity index (χ1) is 12.9. The van der Waals surface area contributed by atoms with E-state index in [0.29, 0.717) is 0 Å². The molecular weight excluding hydrogens is 338 g/mol. The van der Waals surface area contributed by atoms with E-state index in [4.69, 9.17) is 0 Å². The van der Waals surface area contributed by atoms with Crippen LogP contribution in [0.1, 0.15) is 45.1 Å². The molecule has 0 unspecified atom stereocenters. The molecule has 2 aliphatic heterocycles. The number of rotatable bonds is 4. The molecule has 2 fully saturated rings. The molecule has 0 spiro atoms. The van der Waals surface area contributed by atoms with Crippen LogP contribution >= 0.6 is 0 Å². The molecule has 2 saturated heterocycles. The summed E-state index contributed by atoms with van der Waals surface area (Å²) in [5.41, 5.74) is 0.977. The number of amides is 2. The minimum absolute atomic E-state index is 0.0622. The summed E-state index contributed by atoms with van der Waals surface area (Å²) >= 11 is 0. The second kappa shape index (κ2) is 8.91. The third kappa shape index (κ3) is 5.58. The minimum Gasteiger partial charge on any atom is -0.353 e. The zero-order valence-electron chi connectivity index (χ0n) is 17.2. The van der Waals surface area contributed by atoms with Crippen LogP contribution in [0.4, 0.5) is 10.6 Å². The smallest absolute Gasteiger partial charge is 0.317 e. The number of likely N-dealkylation sites (tertiary alicyclic amines) is 1. The van der Waals surface area contributed by atoms with Gasteiger partial charge < -0.3 is 20.0 Å². The summed E-state index contributed by atoms with van der Waals surface area (Å²) in [5, 5.41) is 3.27. The summed E-state index contributed by atoms with van der Waals surface area (Å²) in [4.78, 5) is 24.0. The molecule has 150 valence electrons. The van der Waals surface area contributed by atoms with Crippen molar-refractivity contribution in [2.45, 2.75) is 52.0 Å². The zero-order chi connectivity index (χ0) is 19.3. The van der Waals surface area contributed by atoms with Crippen molar-refractivity contribution in [2.24, 2.45) is 0 Å². The van der Waals surface area contributed by atoms with Crippen LogP contribution in [0.25, 0.3) is 0 Å². The second-order valence-electron chi connectivity index (χ2n) is 8.62. The molecule has 3 heterocycles. The molecule has 6 heteroatoms. The van der Waals surface area contributed by atoms with E-state index < -0.39 is 0 Å². The lowest BCUT2D eigenvalue weighted by molar-refractivity contribution is 0.166. The fourth-order valence-corrected chi connectivity index (χ4v) is 4.19. The third-order valence-electron chi connectivity index (χ3n) is 5.61. The Morgan fingerprint density at radius 3 is 2.37 bits per heavy atom. The molecule has 1 N–H and O–H groups in total. The molecule has 0 atom stereocenters. The molecule has 0 bridgehead atoms. The first-order valence-electron chi connectivity index (χ1n) is 10.4. The van der Waals surface area contributed by atoms with Crippen LogP contribution in [-0.4, -0.2) is 72.2 Å². The Labute approximate surface area is 163 Å². The van der Waals surface area contributed by atoms with Gasteiger partial charge in [-0.05, 0) is 58.3 Å². The van der Waals surface area contributed by atoms with Crippen LogP contribution in [-0.2, 0) is 0 Å². The fraction of sp³-hybridized carbons (Fsp3) is 0.714. The number of carbonyl (C=O) groups excluding carboxylic acids is 1. The van der Waals surface area contributed by atoms with E-state index in [9.17, 15) is 4.79 Å². The van der Waals surface area contributed by atoms with Crippen molar-refractivity contribution in [3.63, 3.8) is 0 Å². The number of hydrogen-bond donors (Lipinski definition) is 1. The molecule has 0 radical (unpaired) electrons. The summed E-state index contributed by atoms with van der Waals surface area (Å²) in [5.74, 6) is 1.04. The molecule has 3 rings (SSSR count). The molecule has 0 aromatic carbocycles. The number of carbonyl (C=O) groups is 1. The van der Waals surface area contributed by atoms with Gasteiger partial charge in [-0.25, -0.2) is 9.78 Å². The van der Waals surface area contributed by atoms with Crippen LogP contribution in [0.5, 0.6) is 0 Å². The Hall–Kier alpha value is -1.82. The highest BCUT2D eigenvalue weighted by Gasteiger charge is 2.28. The van der Waals surface area contributed by atoms with Crippen molar-refractivity contribution >= 4 is 11.8 Å². The van der Waals surface area contributed by atoms with Gasteiger partial charge in [0, 0.05) is 44.5 Å². The van der Waals surface area contributed by atoms with Gasteiger partial charge in [0.05, 0.1) is 0 Å². The van der Waals surface area contributed by atoms with E-state index in [1.54, 1.807) is 0 Å². The lowest BCUT2D eigenvalue weighted by atomic mass is 10.0. The lowest BCUT2D eigenvalue weighted by Gasteiger charge is -2.39. The molecule has 2 amide bonds. The Morgan fingerprint density at radius 2 is 1.74 bits per heavy atom. The summed E-state index contributed by atoms with van der Waals surface area (Å²) < 4.78 is 0. The topological polar surface area (TPSA) is 51.7 Å². The standard InChI is InChI=1S/C21H35N5O/c1-18-9-8-10-22-19(18)25-13-15-26(16-14-25)20(27)23-21(2,3)17-24-11-6-4-5-7-12-24/h8-10H,4-7,11-17H2,1-3H3,(H,23,27). The highest BCUT2D eigenvalue weighted by Crippen LogP contribution is 2.18. The number of urea groups is 1. The number of nitrogens with one attached hydrogen (secondary N) is 1. The quantitative estimate of drug-likeness (QED) is 0.882. The first-order valence-corrected chi connectivity index (χ1v) is 10.4. The minimum atomic E-state index is -0.212. The normalized spacial score (nSPS) is 19.7. The van der Waals surface area contributed by atoms with E-state index in [1.165, 1.54) is 31.2 Å². The number of piperazine rings is 1. The Balaban J connectivity index is 1.49. The molecule has 1 aromatic heterocycles. The SMILES string of the molecule is Cc1cccnc1N1CCN(C(=O)NC(C)(C)CN2CCCCCC2)CC1. The van der Waals surface area contributed by atoms with Gasteiger partial charge in [0.1, 0.15) is 5.82 Å². The average Bonchev–Trinajstić information content (AvgIpc) is 2.90. The van der Waals surface area contributed by atoms with Gasteiger partial charge in [-0.2, -0.15) is 0 Å². The van der Waals surface area contributed by atoms with Crippen LogP contribution in [0.3, 0.4) is 0 Å². The zero-order valence-corrected chi connectivity index (χ0v) is 17.2. The first kappa shape index (κ1) is 19.9. The van der Waals surface area contributed by atoms with Gasteiger partial charge in [-0.15, -0.1) is 0 Å². The van der Waals surface area contributed by atoms with Crippen LogP contribution < -0.4 is 10.2 Å². The van der Waals surface area contributed by atoms with Gasteiger partial charge >= 0.3 is 6.03 Å². The fourth-order valence-electron chi connectivity index (χ4n) is 4.19. The summed E-state index contributed by atoms with van der Waals surface area (Å²) in [6.07, 6.45) is 7.07. The lowest BCUT2D eigenvalue weighted by Crippen LogP contribution is -2.58. The van der Waals surface area contributed by atoms with E-state index in [-0.39, 0.29) is 11.6 Å². The van der Waals surface area contributed by atoms with Crippen molar-refractivity contribution < 1.29 is 4.79 Å². The summed E-state index contributed by atoms with van der Waals surface area (Å²) in [6, 6.07) is 4.12. The van der Waals surface area contributed by atoms with Crippen molar-refractivity contribution in [1.82, 2.24) is 20.1 Å².